The smallest absolute Gasteiger partial charge is 0.159 e. The maximum absolute atomic E-state index is 7.30. The zero-order chi connectivity index (χ0) is 42.0. The minimum atomic E-state index is -0.613. The van der Waals surface area contributed by atoms with Crippen molar-refractivity contribution in [3.05, 3.63) is 281 Å². The highest BCUT2D eigenvalue weighted by atomic mass is 16.3. The highest BCUT2D eigenvalue weighted by molar-refractivity contribution is 6.14. The number of hydrogen-bond acceptors (Lipinski definition) is 2. The minimum Gasteiger partial charge on any atom is -0.454 e. The molecule has 3 aliphatic carbocycles. The second-order valence-electron chi connectivity index (χ2n) is 17.4. The van der Waals surface area contributed by atoms with E-state index in [-0.39, 0.29) is 0 Å². The van der Waals surface area contributed by atoms with Crippen LogP contribution in [0.3, 0.4) is 0 Å². The molecule has 10 aromatic carbocycles. The van der Waals surface area contributed by atoms with Crippen LogP contribution in [-0.4, -0.2) is 0 Å². The lowest BCUT2D eigenvalue weighted by Gasteiger charge is -2.35. The summed E-state index contributed by atoms with van der Waals surface area (Å²) in [5.41, 5.74) is 21.7. The van der Waals surface area contributed by atoms with Gasteiger partial charge >= 0.3 is 0 Å². The summed E-state index contributed by atoms with van der Waals surface area (Å²) in [5, 5.41) is 2.22. The Labute approximate surface area is 372 Å². The van der Waals surface area contributed by atoms with Crippen LogP contribution in [0.15, 0.2) is 241 Å². The second kappa shape index (κ2) is 13.2. The number of nitrogens with zero attached hydrogens (tertiary/aromatic N) is 1. The van der Waals surface area contributed by atoms with Gasteiger partial charge in [-0.25, -0.2) is 0 Å². The van der Waals surface area contributed by atoms with Crippen LogP contribution in [0.1, 0.15) is 44.5 Å². The number of furan rings is 1. The van der Waals surface area contributed by atoms with E-state index >= 15 is 0 Å². The molecule has 298 valence electrons. The molecule has 0 saturated heterocycles. The summed E-state index contributed by atoms with van der Waals surface area (Å²) < 4.78 is 7.30. The van der Waals surface area contributed by atoms with E-state index in [0.717, 1.165) is 39.0 Å². The highest BCUT2D eigenvalue weighted by Crippen LogP contribution is 2.65. The summed E-state index contributed by atoms with van der Waals surface area (Å²) in [6, 6.07) is 87.4. The predicted molar refractivity (Wildman–Crippen MR) is 262 cm³/mol. The van der Waals surface area contributed by atoms with E-state index in [1.54, 1.807) is 0 Å². The van der Waals surface area contributed by atoms with E-state index in [9.17, 15) is 0 Å². The Morgan fingerprint density at radius 1 is 0.312 bits per heavy atom. The van der Waals surface area contributed by atoms with Crippen molar-refractivity contribution in [1.82, 2.24) is 0 Å². The van der Waals surface area contributed by atoms with Gasteiger partial charge in [0.2, 0.25) is 0 Å². The van der Waals surface area contributed by atoms with Gasteiger partial charge in [0.15, 0.2) is 5.58 Å². The van der Waals surface area contributed by atoms with Crippen LogP contribution < -0.4 is 4.90 Å². The molecule has 1 aromatic heterocycles. The van der Waals surface area contributed by atoms with Crippen LogP contribution in [0.25, 0.3) is 55.3 Å². The Hall–Kier alpha value is -8.20. The van der Waals surface area contributed by atoms with Crippen molar-refractivity contribution in [2.45, 2.75) is 10.8 Å². The number of hydrogen-bond donors (Lipinski definition) is 0. The third-order valence-corrected chi connectivity index (χ3v) is 14.6. The van der Waals surface area contributed by atoms with E-state index in [1.165, 1.54) is 77.9 Å². The van der Waals surface area contributed by atoms with E-state index in [4.69, 9.17) is 4.42 Å². The first-order valence-corrected chi connectivity index (χ1v) is 22.3. The predicted octanol–water partition coefficient (Wildman–Crippen LogP) is 15.8. The van der Waals surface area contributed by atoms with E-state index in [2.05, 4.69) is 241 Å². The summed E-state index contributed by atoms with van der Waals surface area (Å²) in [5.74, 6) is 0. The second-order valence-corrected chi connectivity index (χ2v) is 17.4. The summed E-state index contributed by atoms with van der Waals surface area (Å²) in [6.45, 7) is 0. The Morgan fingerprint density at radius 3 is 1.39 bits per heavy atom. The molecular weight excluding hydrogens is 775 g/mol. The fraction of sp³-hybridized carbons (Fsp3) is 0.0323. The molecule has 0 saturated carbocycles. The van der Waals surface area contributed by atoms with Gasteiger partial charge in [-0.1, -0.05) is 206 Å². The molecule has 0 bridgehead atoms. The van der Waals surface area contributed by atoms with Gasteiger partial charge in [0, 0.05) is 22.0 Å². The van der Waals surface area contributed by atoms with Gasteiger partial charge in [-0.3, -0.25) is 0 Å². The molecule has 14 rings (SSSR count). The van der Waals surface area contributed by atoms with Crippen molar-refractivity contribution in [2.24, 2.45) is 0 Å². The standard InChI is InChI=1S/C62H39NO/c1-3-20-40(21-4-1)61(48-30-13-7-24-42(48)43-25-8-14-31-49(43)61)54-38-39-56(60-59(54)47-29-12-18-37-57(47)64-60)63(41-22-5-2-6-23-41)55-36-19-35-53-58(55)46-28-11-17-34-52(46)62(53)50-32-15-9-26-44(50)45-27-10-16-33-51(45)62/h1-39H. The van der Waals surface area contributed by atoms with Crippen molar-refractivity contribution >= 4 is 39.0 Å². The van der Waals surface area contributed by atoms with Crippen molar-refractivity contribution in [3.8, 4) is 33.4 Å². The van der Waals surface area contributed by atoms with Crippen LogP contribution in [-0.2, 0) is 10.8 Å². The molecule has 11 aromatic rings. The first-order valence-electron chi connectivity index (χ1n) is 22.3. The number of para-hydroxylation sites is 2. The van der Waals surface area contributed by atoms with E-state index < -0.39 is 10.8 Å². The zero-order valence-corrected chi connectivity index (χ0v) is 34.9. The lowest BCUT2D eigenvalue weighted by Crippen LogP contribution is -2.29. The molecule has 0 aliphatic heterocycles. The topological polar surface area (TPSA) is 16.4 Å². The van der Waals surface area contributed by atoms with Crippen LogP contribution in [0.5, 0.6) is 0 Å². The molecular formula is C62H39NO. The van der Waals surface area contributed by atoms with Crippen LogP contribution in [0.4, 0.5) is 17.1 Å². The van der Waals surface area contributed by atoms with Gasteiger partial charge in [0.25, 0.3) is 0 Å². The summed E-state index contributed by atoms with van der Waals surface area (Å²) in [7, 11) is 0. The molecule has 2 nitrogen and oxygen atoms in total. The van der Waals surface area contributed by atoms with Crippen molar-refractivity contribution < 1.29 is 4.42 Å². The monoisotopic (exact) mass is 813 g/mol. The third kappa shape index (κ3) is 4.39. The molecule has 0 N–H and O–H groups in total. The Bertz CT molecular complexity index is 3600. The minimum absolute atomic E-state index is 0.471. The first kappa shape index (κ1) is 35.4. The van der Waals surface area contributed by atoms with Crippen LogP contribution in [0.2, 0.25) is 0 Å². The van der Waals surface area contributed by atoms with Crippen LogP contribution >= 0.6 is 0 Å². The van der Waals surface area contributed by atoms with Gasteiger partial charge in [-0.05, 0) is 103 Å². The summed E-state index contributed by atoms with van der Waals surface area (Å²) >= 11 is 0. The van der Waals surface area contributed by atoms with E-state index in [0.29, 0.717) is 0 Å². The number of anilines is 3. The molecule has 0 fully saturated rings. The first-order chi connectivity index (χ1) is 31.8. The maximum Gasteiger partial charge on any atom is 0.159 e. The Morgan fingerprint density at radius 2 is 0.781 bits per heavy atom. The van der Waals surface area contributed by atoms with Gasteiger partial charge in [-0.15, -0.1) is 0 Å². The maximum atomic E-state index is 7.30. The molecule has 0 unspecified atom stereocenters. The average Bonchev–Trinajstić information content (AvgIpc) is 4.09. The Balaban J connectivity index is 1.10. The quantitative estimate of drug-likeness (QED) is 0.172. The van der Waals surface area contributed by atoms with Gasteiger partial charge < -0.3 is 9.32 Å². The van der Waals surface area contributed by atoms with E-state index in [1.807, 2.05) is 0 Å². The average molecular weight is 814 g/mol. The molecule has 3 aliphatic rings. The largest absolute Gasteiger partial charge is 0.454 e. The lowest BCUT2D eigenvalue weighted by molar-refractivity contribution is 0.668. The van der Waals surface area contributed by atoms with Gasteiger partial charge in [-0.2, -0.15) is 0 Å². The van der Waals surface area contributed by atoms with Crippen molar-refractivity contribution in [2.75, 3.05) is 4.90 Å². The van der Waals surface area contributed by atoms with Gasteiger partial charge in [0.1, 0.15) is 5.58 Å². The van der Waals surface area contributed by atoms with Gasteiger partial charge in [0.05, 0.1) is 22.2 Å². The molecule has 0 atom stereocenters. The lowest BCUT2D eigenvalue weighted by atomic mass is 9.66. The fourth-order valence-electron chi connectivity index (χ4n) is 12.3. The molecule has 1 heterocycles. The SMILES string of the molecule is c1ccc(N(c2cccc3c2-c2ccccc2C32c3ccccc3-c3ccccc32)c2ccc(C3(c4ccccc4)c4ccccc4-c4ccccc43)c3c2oc2ccccc23)cc1. The normalized spacial score (nSPS) is 14.2. The van der Waals surface area contributed by atoms with Crippen molar-refractivity contribution in [3.63, 3.8) is 0 Å². The molecule has 1 spiro atoms. The number of fused-ring (bicyclic) bond motifs is 16. The zero-order valence-electron chi connectivity index (χ0n) is 34.9. The van der Waals surface area contributed by atoms with Crippen LogP contribution in [0, 0.1) is 0 Å². The number of benzene rings is 10. The molecule has 0 radical (unpaired) electrons. The van der Waals surface area contributed by atoms with Crippen molar-refractivity contribution in [1.29, 1.82) is 0 Å². The number of rotatable bonds is 5. The molecule has 2 heteroatoms. The third-order valence-electron chi connectivity index (χ3n) is 14.6. The highest BCUT2D eigenvalue weighted by Gasteiger charge is 2.53. The summed E-state index contributed by atoms with van der Waals surface area (Å²) in [6.07, 6.45) is 0. The molecule has 0 amide bonds. The molecule has 64 heavy (non-hydrogen) atoms. The summed E-state index contributed by atoms with van der Waals surface area (Å²) in [4.78, 5) is 2.46. The fourth-order valence-corrected chi connectivity index (χ4v) is 12.3. The Kier molecular flexibility index (Phi) is 7.28.